The van der Waals surface area contributed by atoms with E-state index >= 15 is 0 Å². The van der Waals surface area contributed by atoms with Gasteiger partial charge in [0, 0.05) is 32.7 Å². The van der Waals surface area contributed by atoms with E-state index in [9.17, 15) is 0 Å². The van der Waals surface area contributed by atoms with E-state index < -0.39 is 0 Å². The van der Waals surface area contributed by atoms with Crippen LogP contribution in [0, 0.1) is 6.92 Å². The summed E-state index contributed by atoms with van der Waals surface area (Å²) in [4.78, 5) is 7.10. The molecule has 0 radical (unpaired) electrons. The Kier molecular flexibility index (Phi) is 7.19. The zero-order chi connectivity index (χ0) is 15.6. The third kappa shape index (κ3) is 5.66. The highest BCUT2D eigenvalue weighted by Crippen LogP contribution is 2.07. The SMILES string of the molecule is CCNC(=NCc1ccccc1C)NCCN1CCOCC1. The highest BCUT2D eigenvalue weighted by molar-refractivity contribution is 5.79. The number of nitrogens with zero attached hydrogens (tertiary/aromatic N) is 2. The number of rotatable bonds is 6. The third-order valence-electron chi connectivity index (χ3n) is 3.84. The quantitative estimate of drug-likeness (QED) is 0.616. The summed E-state index contributed by atoms with van der Waals surface area (Å²) in [6.07, 6.45) is 0. The summed E-state index contributed by atoms with van der Waals surface area (Å²) in [5, 5.41) is 6.72. The van der Waals surface area contributed by atoms with Gasteiger partial charge in [-0.2, -0.15) is 0 Å². The van der Waals surface area contributed by atoms with Crippen LogP contribution in [0.1, 0.15) is 18.1 Å². The van der Waals surface area contributed by atoms with E-state index in [0.29, 0.717) is 6.54 Å². The van der Waals surface area contributed by atoms with Gasteiger partial charge in [-0.15, -0.1) is 0 Å². The predicted octanol–water partition coefficient (Wildman–Crippen LogP) is 1.38. The lowest BCUT2D eigenvalue weighted by Gasteiger charge is -2.26. The molecule has 0 spiro atoms. The zero-order valence-corrected chi connectivity index (χ0v) is 13.8. The van der Waals surface area contributed by atoms with Gasteiger partial charge < -0.3 is 15.4 Å². The van der Waals surface area contributed by atoms with E-state index in [-0.39, 0.29) is 0 Å². The molecule has 22 heavy (non-hydrogen) atoms. The second-order valence-electron chi connectivity index (χ2n) is 5.50. The number of nitrogens with one attached hydrogen (secondary N) is 2. The van der Waals surface area contributed by atoms with Crippen LogP contribution in [0.4, 0.5) is 0 Å². The first-order chi connectivity index (χ1) is 10.8. The van der Waals surface area contributed by atoms with Crippen molar-refractivity contribution in [3.8, 4) is 0 Å². The first-order valence-corrected chi connectivity index (χ1v) is 8.16. The molecule has 0 aliphatic carbocycles. The maximum atomic E-state index is 5.37. The van der Waals surface area contributed by atoms with E-state index in [0.717, 1.165) is 51.9 Å². The number of guanidine groups is 1. The third-order valence-corrected chi connectivity index (χ3v) is 3.84. The van der Waals surface area contributed by atoms with Crippen molar-refractivity contribution in [2.75, 3.05) is 45.9 Å². The Morgan fingerprint density at radius 3 is 2.73 bits per heavy atom. The molecule has 1 aliphatic heterocycles. The molecule has 2 rings (SSSR count). The summed E-state index contributed by atoms with van der Waals surface area (Å²) in [7, 11) is 0. The second kappa shape index (κ2) is 9.43. The van der Waals surface area contributed by atoms with Gasteiger partial charge >= 0.3 is 0 Å². The molecular weight excluding hydrogens is 276 g/mol. The average Bonchev–Trinajstić information content (AvgIpc) is 2.55. The largest absolute Gasteiger partial charge is 0.379 e. The maximum absolute atomic E-state index is 5.37. The molecule has 0 saturated carbocycles. The van der Waals surface area contributed by atoms with Gasteiger partial charge in [0.05, 0.1) is 19.8 Å². The Labute approximate surface area is 133 Å². The number of hydrogen-bond acceptors (Lipinski definition) is 3. The van der Waals surface area contributed by atoms with Gasteiger partial charge in [0.1, 0.15) is 0 Å². The fourth-order valence-electron chi connectivity index (χ4n) is 2.45. The fourth-order valence-corrected chi connectivity index (χ4v) is 2.45. The number of aryl methyl sites for hydroxylation is 1. The molecule has 0 atom stereocenters. The van der Waals surface area contributed by atoms with Crippen molar-refractivity contribution in [1.29, 1.82) is 0 Å². The molecule has 1 aliphatic rings. The number of benzene rings is 1. The molecule has 1 heterocycles. The lowest BCUT2D eigenvalue weighted by atomic mass is 10.1. The molecular formula is C17H28N4O. The summed E-state index contributed by atoms with van der Waals surface area (Å²) in [5.74, 6) is 0.888. The number of aliphatic imine (C=N–C) groups is 1. The normalized spacial score (nSPS) is 16.5. The lowest BCUT2D eigenvalue weighted by Crippen LogP contribution is -2.44. The van der Waals surface area contributed by atoms with Crippen LogP contribution in [-0.4, -0.2) is 56.8 Å². The highest BCUT2D eigenvalue weighted by Gasteiger charge is 2.09. The van der Waals surface area contributed by atoms with E-state index in [2.05, 4.69) is 58.6 Å². The average molecular weight is 304 g/mol. The molecule has 0 bridgehead atoms. The number of hydrogen-bond donors (Lipinski definition) is 2. The van der Waals surface area contributed by atoms with Crippen LogP contribution in [0.15, 0.2) is 29.3 Å². The lowest BCUT2D eigenvalue weighted by molar-refractivity contribution is 0.0389. The van der Waals surface area contributed by atoms with Gasteiger partial charge in [0.2, 0.25) is 0 Å². The van der Waals surface area contributed by atoms with Crippen LogP contribution in [0.25, 0.3) is 0 Å². The molecule has 122 valence electrons. The summed E-state index contributed by atoms with van der Waals surface area (Å²) >= 11 is 0. The summed E-state index contributed by atoms with van der Waals surface area (Å²) < 4.78 is 5.37. The van der Waals surface area contributed by atoms with Crippen LogP contribution in [0.3, 0.4) is 0 Å². The van der Waals surface area contributed by atoms with Crippen LogP contribution in [-0.2, 0) is 11.3 Å². The standard InChI is InChI=1S/C17H28N4O/c1-3-18-17(19-8-9-21-10-12-22-13-11-21)20-14-16-7-5-4-6-15(16)2/h4-7H,3,8-14H2,1-2H3,(H2,18,19,20). The highest BCUT2D eigenvalue weighted by atomic mass is 16.5. The maximum Gasteiger partial charge on any atom is 0.191 e. The molecule has 1 aromatic rings. The van der Waals surface area contributed by atoms with Gasteiger partial charge in [-0.05, 0) is 25.0 Å². The van der Waals surface area contributed by atoms with Gasteiger partial charge in [-0.3, -0.25) is 4.90 Å². The van der Waals surface area contributed by atoms with Gasteiger partial charge in [0.25, 0.3) is 0 Å². The molecule has 0 aromatic heterocycles. The van der Waals surface area contributed by atoms with Crippen molar-refractivity contribution in [1.82, 2.24) is 15.5 Å². The molecule has 0 unspecified atom stereocenters. The Morgan fingerprint density at radius 1 is 1.23 bits per heavy atom. The molecule has 1 aromatic carbocycles. The predicted molar refractivity (Wildman–Crippen MR) is 91.3 cm³/mol. The van der Waals surface area contributed by atoms with Crippen LogP contribution < -0.4 is 10.6 Å². The van der Waals surface area contributed by atoms with Gasteiger partial charge in [-0.25, -0.2) is 4.99 Å². The molecule has 1 fully saturated rings. The van der Waals surface area contributed by atoms with Crippen molar-refractivity contribution in [2.24, 2.45) is 4.99 Å². The molecule has 0 amide bonds. The van der Waals surface area contributed by atoms with Crippen molar-refractivity contribution in [3.63, 3.8) is 0 Å². The second-order valence-corrected chi connectivity index (χ2v) is 5.50. The summed E-state index contributed by atoms with van der Waals surface area (Å²) in [5.41, 5.74) is 2.56. The van der Waals surface area contributed by atoms with Crippen LogP contribution >= 0.6 is 0 Å². The van der Waals surface area contributed by atoms with Crippen molar-refractivity contribution >= 4 is 5.96 Å². The topological polar surface area (TPSA) is 48.9 Å². The zero-order valence-electron chi connectivity index (χ0n) is 13.8. The van der Waals surface area contributed by atoms with Crippen molar-refractivity contribution in [2.45, 2.75) is 20.4 Å². The fraction of sp³-hybridized carbons (Fsp3) is 0.588. The Balaban J connectivity index is 1.80. The van der Waals surface area contributed by atoms with Crippen LogP contribution in [0.5, 0.6) is 0 Å². The van der Waals surface area contributed by atoms with E-state index in [1.807, 2.05) is 0 Å². The van der Waals surface area contributed by atoms with E-state index in [1.54, 1.807) is 0 Å². The minimum Gasteiger partial charge on any atom is -0.379 e. The van der Waals surface area contributed by atoms with E-state index in [1.165, 1.54) is 11.1 Å². The molecule has 5 heteroatoms. The minimum atomic E-state index is 0.708. The van der Waals surface area contributed by atoms with Gasteiger partial charge in [0.15, 0.2) is 5.96 Å². The van der Waals surface area contributed by atoms with Crippen molar-refractivity contribution < 1.29 is 4.74 Å². The summed E-state index contributed by atoms with van der Waals surface area (Å²) in [6.45, 7) is 11.5. The monoisotopic (exact) mass is 304 g/mol. The Morgan fingerprint density at radius 2 is 2.00 bits per heavy atom. The Hall–Kier alpha value is -1.59. The number of ether oxygens (including phenoxy) is 1. The first-order valence-electron chi connectivity index (χ1n) is 8.16. The molecule has 1 saturated heterocycles. The summed E-state index contributed by atoms with van der Waals surface area (Å²) in [6, 6.07) is 8.39. The van der Waals surface area contributed by atoms with Crippen molar-refractivity contribution in [3.05, 3.63) is 35.4 Å². The first kappa shape index (κ1) is 16.8. The van der Waals surface area contributed by atoms with E-state index in [4.69, 9.17) is 4.74 Å². The smallest absolute Gasteiger partial charge is 0.191 e. The number of morpholine rings is 1. The van der Waals surface area contributed by atoms with Gasteiger partial charge in [-0.1, -0.05) is 24.3 Å². The molecule has 5 nitrogen and oxygen atoms in total. The minimum absolute atomic E-state index is 0.708. The van der Waals surface area contributed by atoms with Crippen LogP contribution in [0.2, 0.25) is 0 Å². The Bertz CT molecular complexity index is 469. The molecule has 2 N–H and O–H groups in total.